The van der Waals surface area contributed by atoms with Crippen molar-refractivity contribution >= 4 is 11.9 Å². The molecule has 0 saturated carbocycles. The minimum Gasteiger partial charge on any atom is -0.497 e. The second-order valence-corrected chi connectivity index (χ2v) is 6.65. The van der Waals surface area contributed by atoms with Crippen LogP contribution in [0.15, 0.2) is 34.9 Å². The zero-order valence-electron chi connectivity index (χ0n) is 14.9. The lowest BCUT2D eigenvalue weighted by molar-refractivity contribution is -0.136. The van der Waals surface area contributed by atoms with E-state index in [0.29, 0.717) is 17.5 Å². The van der Waals surface area contributed by atoms with Crippen LogP contribution in [0.4, 0.5) is 0 Å². The van der Waals surface area contributed by atoms with Gasteiger partial charge >= 0.3 is 5.97 Å². The fourth-order valence-electron chi connectivity index (χ4n) is 2.74. The molecule has 2 rings (SSSR count). The lowest BCUT2D eigenvalue weighted by atomic mass is 9.94. The Morgan fingerprint density at radius 3 is 2.44 bits per heavy atom. The number of ether oxygens (including phenoxy) is 1. The fourth-order valence-corrected chi connectivity index (χ4v) is 2.74. The van der Waals surface area contributed by atoms with Crippen molar-refractivity contribution in [2.75, 3.05) is 7.11 Å². The Labute approximate surface area is 146 Å². The number of carboxylic acids is 1. The predicted octanol–water partition coefficient (Wildman–Crippen LogP) is 2.97. The van der Waals surface area contributed by atoms with E-state index in [1.165, 1.54) is 6.26 Å². The summed E-state index contributed by atoms with van der Waals surface area (Å²) in [5.74, 6) is -0.428. The largest absolute Gasteiger partial charge is 0.497 e. The van der Waals surface area contributed by atoms with Gasteiger partial charge in [0.25, 0.3) is 5.91 Å². The zero-order chi connectivity index (χ0) is 18.6. The van der Waals surface area contributed by atoms with Crippen molar-refractivity contribution in [1.29, 1.82) is 0 Å². The van der Waals surface area contributed by atoms with Gasteiger partial charge in [-0.15, -0.1) is 0 Å². The Bertz CT molecular complexity index is 759. The van der Waals surface area contributed by atoms with Crippen LogP contribution in [0, 0.1) is 6.92 Å². The maximum Gasteiger partial charge on any atom is 0.311 e. The van der Waals surface area contributed by atoms with Crippen LogP contribution in [0.5, 0.6) is 5.75 Å². The van der Waals surface area contributed by atoms with Crippen LogP contribution in [0.1, 0.15) is 41.1 Å². The van der Waals surface area contributed by atoms with E-state index in [0.717, 1.165) is 11.3 Å². The smallest absolute Gasteiger partial charge is 0.311 e. The average molecular weight is 345 g/mol. The summed E-state index contributed by atoms with van der Waals surface area (Å²) in [4.78, 5) is 23.6. The van der Waals surface area contributed by atoms with E-state index in [-0.39, 0.29) is 18.1 Å². The summed E-state index contributed by atoms with van der Waals surface area (Å²) in [7, 11) is 1.61. The van der Waals surface area contributed by atoms with Gasteiger partial charge in [0.1, 0.15) is 17.9 Å². The fraction of sp³-hybridized carbons (Fsp3) is 0.368. The molecule has 0 aliphatic heterocycles. The first-order valence-corrected chi connectivity index (χ1v) is 7.96. The number of aryl methyl sites for hydroxylation is 1. The molecular weight excluding hydrogens is 322 g/mol. The van der Waals surface area contributed by atoms with Gasteiger partial charge in [-0.25, -0.2) is 0 Å². The number of methoxy groups -OCH3 is 1. The van der Waals surface area contributed by atoms with Crippen LogP contribution in [0.2, 0.25) is 0 Å². The van der Waals surface area contributed by atoms with Crippen molar-refractivity contribution in [1.82, 2.24) is 5.32 Å². The van der Waals surface area contributed by atoms with Crippen molar-refractivity contribution in [3.63, 3.8) is 0 Å². The number of aliphatic carboxylic acids is 1. The van der Waals surface area contributed by atoms with Crippen LogP contribution < -0.4 is 10.1 Å². The molecule has 25 heavy (non-hydrogen) atoms. The summed E-state index contributed by atoms with van der Waals surface area (Å²) >= 11 is 0. The molecule has 6 nitrogen and oxygen atoms in total. The third-order valence-electron chi connectivity index (χ3n) is 3.85. The van der Waals surface area contributed by atoms with E-state index in [2.05, 4.69) is 5.32 Å². The highest BCUT2D eigenvalue weighted by molar-refractivity contribution is 5.97. The molecular formula is C19H23NO5. The highest BCUT2D eigenvalue weighted by Gasteiger charge is 2.26. The number of carboxylic acid groups (broad SMARTS) is 1. The van der Waals surface area contributed by atoms with Gasteiger partial charge in [-0.2, -0.15) is 0 Å². The number of hydrogen-bond acceptors (Lipinski definition) is 4. The molecule has 1 heterocycles. The molecule has 134 valence electrons. The number of nitrogens with one attached hydrogen (secondary N) is 1. The van der Waals surface area contributed by atoms with Gasteiger partial charge in [-0.05, 0) is 44.9 Å². The van der Waals surface area contributed by atoms with Crippen LogP contribution in [0.25, 0.3) is 0 Å². The number of carbonyl (C=O) groups is 2. The highest BCUT2D eigenvalue weighted by Crippen LogP contribution is 2.21. The van der Waals surface area contributed by atoms with Crippen molar-refractivity contribution in [2.45, 2.75) is 39.2 Å². The Balaban J connectivity index is 2.12. The Hall–Kier alpha value is -2.76. The van der Waals surface area contributed by atoms with E-state index in [1.54, 1.807) is 14.0 Å². The number of furan rings is 1. The van der Waals surface area contributed by atoms with Gasteiger partial charge in [0.15, 0.2) is 0 Å². The van der Waals surface area contributed by atoms with Crippen molar-refractivity contribution in [2.24, 2.45) is 0 Å². The van der Waals surface area contributed by atoms with Gasteiger partial charge in [0, 0.05) is 11.1 Å². The first kappa shape index (κ1) is 18.6. The Morgan fingerprint density at radius 2 is 1.88 bits per heavy atom. The van der Waals surface area contributed by atoms with Gasteiger partial charge < -0.3 is 19.6 Å². The third-order valence-corrected chi connectivity index (χ3v) is 3.85. The maximum atomic E-state index is 12.7. The van der Waals surface area contributed by atoms with E-state index in [4.69, 9.17) is 14.3 Å². The molecule has 2 aromatic rings. The summed E-state index contributed by atoms with van der Waals surface area (Å²) in [5, 5.41) is 11.9. The molecule has 0 spiro atoms. The number of hydrogen-bond donors (Lipinski definition) is 2. The van der Waals surface area contributed by atoms with Crippen molar-refractivity contribution < 1.29 is 23.8 Å². The molecule has 0 radical (unpaired) electrons. The highest BCUT2D eigenvalue weighted by atomic mass is 16.5. The summed E-state index contributed by atoms with van der Waals surface area (Å²) < 4.78 is 10.4. The van der Waals surface area contributed by atoms with Crippen molar-refractivity contribution in [3.05, 3.63) is 53.0 Å². The molecule has 0 unspecified atom stereocenters. The SMILES string of the molecule is COc1ccc(CC(C)(C)NC(=O)c2c(C)coc2CC(=O)O)cc1. The summed E-state index contributed by atoms with van der Waals surface area (Å²) in [6.45, 7) is 5.56. The molecule has 0 atom stereocenters. The van der Waals surface area contributed by atoms with Crippen LogP contribution in [-0.2, 0) is 17.6 Å². The normalized spacial score (nSPS) is 11.2. The summed E-state index contributed by atoms with van der Waals surface area (Å²) in [6, 6.07) is 7.65. The monoisotopic (exact) mass is 345 g/mol. The number of rotatable bonds is 7. The molecule has 0 aliphatic rings. The van der Waals surface area contributed by atoms with Crippen molar-refractivity contribution in [3.8, 4) is 5.75 Å². The van der Waals surface area contributed by atoms with E-state index >= 15 is 0 Å². The first-order chi connectivity index (χ1) is 11.7. The number of amides is 1. The first-order valence-electron chi connectivity index (χ1n) is 7.96. The maximum absolute atomic E-state index is 12.7. The zero-order valence-corrected chi connectivity index (χ0v) is 14.9. The molecule has 0 aliphatic carbocycles. The van der Waals surface area contributed by atoms with Gasteiger partial charge in [-0.1, -0.05) is 12.1 Å². The minimum absolute atomic E-state index is 0.169. The number of benzene rings is 1. The quantitative estimate of drug-likeness (QED) is 0.805. The molecule has 0 bridgehead atoms. The summed E-state index contributed by atoms with van der Waals surface area (Å²) in [6.07, 6.45) is 1.70. The molecule has 1 amide bonds. The van der Waals surface area contributed by atoms with Gasteiger partial charge in [-0.3, -0.25) is 9.59 Å². The van der Waals surface area contributed by atoms with Crippen LogP contribution >= 0.6 is 0 Å². The van der Waals surface area contributed by atoms with Gasteiger partial charge in [0.2, 0.25) is 0 Å². The Kier molecular flexibility index (Phi) is 5.51. The van der Waals surface area contributed by atoms with Gasteiger partial charge in [0.05, 0.1) is 18.9 Å². The second kappa shape index (κ2) is 7.42. The average Bonchev–Trinajstić information content (AvgIpc) is 2.87. The van der Waals surface area contributed by atoms with E-state index in [1.807, 2.05) is 38.1 Å². The lowest BCUT2D eigenvalue weighted by Gasteiger charge is -2.26. The molecule has 0 fully saturated rings. The standard InChI is InChI=1S/C19H23NO5/c1-12-11-25-15(9-16(21)22)17(12)18(23)20-19(2,3)10-13-5-7-14(24-4)8-6-13/h5-8,11H,9-10H2,1-4H3,(H,20,23)(H,21,22). The van der Waals surface area contributed by atoms with Crippen LogP contribution in [0.3, 0.4) is 0 Å². The van der Waals surface area contributed by atoms with E-state index in [9.17, 15) is 9.59 Å². The summed E-state index contributed by atoms with van der Waals surface area (Å²) in [5.41, 5.74) is 1.45. The molecule has 6 heteroatoms. The van der Waals surface area contributed by atoms with Crippen LogP contribution in [-0.4, -0.2) is 29.6 Å². The molecule has 0 saturated heterocycles. The molecule has 2 N–H and O–H groups in total. The third kappa shape index (κ3) is 4.86. The predicted molar refractivity (Wildman–Crippen MR) is 93.0 cm³/mol. The molecule has 1 aromatic heterocycles. The number of carbonyl (C=O) groups excluding carboxylic acids is 1. The lowest BCUT2D eigenvalue weighted by Crippen LogP contribution is -2.45. The van der Waals surface area contributed by atoms with E-state index < -0.39 is 11.5 Å². The molecule has 1 aromatic carbocycles. The second-order valence-electron chi connectivity index (χ2n) is 6.65. The topological polar surface area (TPSA) is 88.8 Å². The minimum atomic E-state index is -1.04. The Morgan fingerprint density at radius 1 is 1.24 bits per heavy atom.